The van der Waals surface area contributed by atoms with Crippen molar-refractivity contribution in [3.63, 3.8) is 0 Å². The van der Waals surface area contributed by atoms with Crippen LogP contribution < -0.4 is 0 Å². The van der Waals surface area contributed by atoms with Crippen molar-refractivity contribution in [2.24, 2.45) is 10.8 Å². The number of hydrogen-bond donors (Lipinski definition) is 0. The second-order valence-corrected chi connectivity index (χ2v) is 18.4. The van der Waals surface area contributed by atoms with Crippen molar-refractivity contribution < 1.29 is 61.8 Å². The van der Waals surface area contributed by atoms with Crippen LogP contribution in [0.5, 0.6) is 0 Å². The summed E-state index contributed by atoms with van der Waals surface area (Å²) in [5.74, 6) is -1.87. The van der Waals surface area contributed by atoms with Crippen molar-refractivity contribution in [1.82, 2.24) is 0 Å². The highest BCUT2D eigenvalue weighted by Gasteiger charge is 2.86. The van der Waals surface area contributed by atoms with Crippen molar-refractivity contribution in [2.75, 3.05) is 19.8 Å². The summed E-state index contributed by atoms with van der Waals surface area (Å²) in [6.07, 6.45) is 13.3. The maximum absolute atomic E-state index is 14.1. The molecule has 2 aliphatic carbocycles. The highest BCUT2D eigenvalue weighted by Crippen LogP contribution is 2.75. The maximum atomic E-state index is 14.1. The summed E-state index contributed by atoms with van der Waals surface area (Å²) in [4.78, 5) is 53.9. The van der Waals surface area contributed by atoms with Gasteiger partial charge in [-0.3, -0.25) is 9.59 Å². The monoisotopic (exact) mass is 814 g/mol. The number of carbonyl (C=O) groups is 4. The van der Waals surface area contributed by atoms with E-state index in [9.17, 15) is 19.2 Å². The highest BCUT2D eigenvalue weighted by atomic mass is 16.7. The van der Waals surface area contributed by atoms with Crippen LogP contribution in [0.1, 0.15) is 138 Å². The highest BCUT2D eigenvalue weighted by molar-refractivity contribution is 5.82. The number of esters is 4. The molecule has 0 aromatic carbocycles. The molecule has 13 heteroatoms. The summed E-state index contributed by atoms with van der Waals surface area (Å²) < 4.78 is 56.3. The molecule has 5 aliphatic heterocycles. The van der Waals surface area contributed by atoms with E-state index in [1.165, 1.54) is 6.08 Å². The predicted octanol–water partition coefficient (Wildman–Crippen LogP) is 6.56. The van der Waals surface area contributed by atoms with Gasteiger partial charge in [-0.1, -0.05) is 90.4 Å². The van der Waals surface area contributed by atoms with Crippen LogP contribution in [0.4, 0.5) is 0 Å². The third-order valence-electron chi connectivity index (χ3n) is 14.6. The number of rotatable bonds is 15. The number of unbranched alkanes of at least 4 members (excludes halogenated alkanes) is 8. The first kappa shape index (κ1) is 43.3. The summed E-state index contributed by atoms with van der Waals surface area (Å²) in [5, 5.41) is 0. The molecule has 7 aliphatic rings. The van der Waals surface area contributed by atoms with E-state index in [2.05, 4.69) is 27.7 Å². The molecule has 13 atom stereocenters. The van der Waals surface area contributed by atoms with Gasteiger partial charge in [0.15, 0.2) is 12.2 Å². The smallest absolute Gasteiger partial charge is 0.338 e. The Balaban J connectivity index is 1.14. The first-order valence-corrected chi connectivity index (χ1v) is 22.1. The molecule has 0 N–H and O–H groups in total. The van der Waals surface area contributed by atoms with E-state index in [0.717, 1.165) is 64.2 Å². The van der Waals surface area contributed by atoms with E-state index in [4.69, 9.17) is 42.6 Å². The van der Waals surface area contributed by atoms with Crippen molar-refractivity contribution in [2.45, 2.75) is 203 Å². The summed E-state index contributed by atoms with van der Waals surface area (Å²) >= 11 is 0. The average Bonchev–Trinajstić information content (AvgIpc) is 4.12. The fourth-order valence-corrected chi connectivity index (χ4v) is 10.5. The van der Waals surface area contributed by atoms with Crippen molar-refractivity contribution in [1.29, 1.82) is 0 Å². The SMILES string of the molecule is CCCCCCCC(=O)OC(C)C1C=C/C=C/C(=O)OC2CC3OC4C5OC5(C)CCC4(COC(=O)C4OC4(C)C(OC(=O)CCCCCCC)CO1)C2(C)C31CO1. The van der Waals surface area contributed by atoms with Crippen LogP contribution in [0, 0.1) is 10.8 Å². The van der Waals surface area contributed by atoms with Gasteiger partial charge in [0.25, 0.3) is 0 Å². The van der Waals surface area contributed by atoms with Crippen LogP contribution in [-0.2, 0) is 61.8 Å². The molecule has 0 amide bonds. The standard InChI is InChI=1S/C45H66O13/c1-7-9-11-13-15-20-34(46)53-29(3)30-19-17-18-22-35(47)54-31-25-32-45(28-52-45)43(31,6)44(24-23-41(4)37(57-41)38(44)56-32)27-51-40(49)39-42(5,58-39)33(26-50-30)55-36(48)21-16-14-12-10-8-2/h17-19,22,29-33,37-39H,7-16,20-21,23-28H2,1-6H3/b19-17?,22-18+. The van der Waals surface area contributed by atoms with Crippen molar-refractivity contribution in [3.8, 4) is 0 Å². The largest absolute Gasteiger partial charge is 0.463 e. The first-order chi connectivity index (χ1) is 27.8. The van der Waals surface area contributed by atoms with Gasteiger partial charge in [-0.05, 0) is 46.5 Å². The Morgan fingerprint density at radius 2 is 1.53 bits per heavy atom. The Bertz CT molecular complexity index is 1590. The van der Waals surface area contributed by atoms with Gasteiger partial charge in [0.05, 0.1) is 36.4 Å². The van der Waals surface area contributed by atoms with Gasteiger partial charge in [0.1, 0.15) is 42.2 Å². The normalized spacial score (nSPS) is 42.3. The third-order valence-corrected chi connectivity index (χ3v) is 14.6. The lowest BCUT2D eigenvalue weighted by Gasteiger charge is -2.58. The molecular weight excluding hydrogens is 748 g/mol. The predicted molar refractivity (Wildman–Crippen MR) is 209 cm³/mol. The second kappa shape index (κ2) is 17.3. The Labute approximate surface area is 343 Å². The fraction of sp³-hybridized carbons (Fsp3) is 0.822. The van der Waals surface area contributed by atoms with Crippen molar-refractivity contribution in [3.05, 3.63) is 24.3 Å². The number of carbonyl (C=O) groups excluding carboxylic acids is 4. The summed E-state index contributed by atoms with van der Waals surface area (Å²) in [6, 6.07) is 0. The lowest BCUT2D eigenvalue weighted by molar-refractivity contribution is -0.251. The molecule has 58 heavy (non-hydrogen) atoms. The zero-order valence-corrected chi connectivity index (χ0v) is 35.5. The van der Waals surface area contributed by atoms with Gasteiger partial charge in [-0.15, -0.1) is 0 Å². The van der Waals surface area contributed by atoms with E-state index in [1.54, 1.807) is 32.1 Å². The second-order valence-electron chi connectivity index (χ2n) is 18.4. The number of allylic oxidation sites excluding steroid dienone is 2. The Kier molecular flexibility index (Phi) is 12.9. The van der Waals surface area contributed by atoms with Crippen molar-refractivity contribution >= 4 is 23.9 Å². The molecule has 4 saturated heterocycles. The van der Waals surface area contributed by atoms with Gasteiger partial charge >= 0.3 is 23.9 Å². The Hall–Kier alpha value is -2.84. The molecule has 13 unspecified atom stereocenters. The van der Waals surface area contributed by atoms with Crippen LogP contribution in [0.25, 0.3) is 0 Å². The van der Waals surface area contributed by atoms with E-state index in [1.807, 2.05) is 0 Å². The quantitative estimate of drug-likeness (QED) is 0.0758. The van der Waals surface area contributed by atoms with Crippen LogP contribution in [0.15, 0.2) is 24.3 Å². The van der Waals surface area contributed by atoms with Gasteiger partial charge in [-0.25, -0.2) is 9.59 Å². The Morgan fingerprint density at radius 1 is 0.845 bits per heavy atom. The molecule has 2 saturated carbocycles. The van der Waals surface area contributed by atoms with Gasteiger partial charge in [0, 0.05) is 30.8 Å². The van der Waals surface area contributed by atoms with E-state index in [0.29, 0.717) is 25.9 Å². The van der Waals surface area contributed by atoms with E-state index in [-0.39, 0.29) is 49.8 Å². The fourth-order valence-electron chi connectivity index (χ4n) is 10.5. The molecule has 0 aromatic rings. The molecular formula is C45H66O13. The molecule has 6 fully saturated rings. The lowest BCUT2D eigenvalue weighted by Crippen LogP contribution is -2.69. The van der Waals surface area contributed by atoms with E-state index >= 15 is 0 Å². The van der Waals surface area contributed by atoms with Gasteiger partial charge < -0.3 is 42.6 Å². The molecule has 0 radical (unpaired) electrons. The van der Waals surface area contributed by atoms with Gasteiger partial charge in [0.2, 0.25) is 0 Å². The minimum atomic E-state index is -1.24. The molecule has 7 rings (SSSR count). The van der Waals surface area contributed by atoms with Crippen LogP contribution >= 0.6 is 0 Å². The summed E-state index contributed by atoms with van der Waals surface area (Å²) in [6.45, 7) is 12.2. The zero-order chi connectivity index (χ0) is 41.3. The molecule has 324 valence electrons. The molecule has 2 bridgehead atoms. The maximum Gasteiger partial charge on any atom is 0.338 e. The van der Waals surface area contributed by atoms with Gasteiger partial charge in [-0.2, -0.15) is 0 Å². The average molecular weight is 815 g/mol. The molecule has 0 aromatic heterocycles. The molecule has 5 heterocycles. The number of hydrogen-bond acceptors (Lipinski definition) is 13. The minimum absolute atomic E-state index is 0.0222. The third kappa shape index (κ3) is 8.16. The summed E-state index contributed by atoms with van der Waals surface area (Å²) in [5.41, 5.74) is -3.81. The Morgan fingerprint density at radius 3 is 2.22 bits per heavy atom. The number of fused-ring (bicyclic) bond motifs is 3. The molecule has 2 spiro atoms. The molecule has 13 nitrogen and oxygen atoms in total. The minimum Gasteiger partial charge on any atom is -0.463 e. The van der Waals surface area contributed by atoms with E-state index < -0.39 is 76.6 Å². The van der Waals surface area contributed by atoms with Crippen LogP contribution in [0.3, 0.4) is 0 Å². The number of cyclic esters (lactones) is 1. The summed E-state index contributed by atoms with van der Waals surface area (Å²) in [7, 11) is 0. The lowest BCUT2D eigenvalue weighted by atomic mass is 9.50. The number of ether oxygens (including phenoxy) is 9. The first-order valence-electron chi connectivity index (χ1n) is 22.1. The van der Waals surface area contributed by atoms with Crippen LogP contribution in [-0.4, -0.2) is 109 Å². The van der Waals surface area contributed by atoms with Crippen LogP contribution in [0.2, 0.25) is 0 Å². The topological polar surface area (TPSA) is 161 Å². The zero-order valence-electron chi connectivity index (χ0n) is 35.5. The number of epoxide rings is 3.